The van der Waals surface area contributed by atoms with Crippen LogP contribution in [0.25, 0.3) is 11.2 Å². The molecular formula is C25H49B3N5O4P. The molecule has 0 spiro atoms. The summed E-state index contributed by atoms with van der Waals surface area (Å²) in [5, 5.41) is 0.480. The number of ether oxygens (including phenoxy) is 1. The molecule has 0 radical (unpaired) electrons. The Morgan fingerprint density at radius 2 is 1.50 bits per heavy atom. The zero-order valence-corrected chi connectivity index (χ0v) is 25.1. The summed E-state index contributed by atoms with van der Waals surface area (Å²) in [6, 6.07) is 0. The second-order valence-corrected chi connectivity index (χ2v) is 13.6. The van der Waals surface area contributed by atoms with Gasteiger partial charge in [-0.15, -0.1) is 5.11 Å². The first-order valence-electron chi connectivity index (χ1n) is 14.6. The summed E-state index contributed by atoms with van der Waals surface area (Å²) >= 11 is 0. The summed E-state index contributed by atoms with van der Waals surface area (Å²) in [6.07, 6.45) is 20.1. The molecule has 0 aromatic carbocycles. The van der Waals surface area contributed by atoms with Gasteiger partial charge in [0.05, 0.1) is 49.1 Å². The molecule has 0 aliphatic heterocycles. The van der Waals surface area contributed by atoms with Crippen LogP contribution in [-0.2, 0) is 20.4 Å². The standard InChI is InChI=1S/C25H49B3N5O4P/c1-21(17-33-19-32-22-23(29)30-18-31-24(22)33)36-20-38(34,35)37-16-14-12-10-8-6-4-2-3-5-7-9-11-13-15-25(26,27)28/h18-19,21H,2-17,20,26-28H2,1H3,(H,34,35)(H2,29,30,31)/t21-/m1/s1. The molecule has 1 unspecified atom stereocenters. The minimum Gasteiger partial charge on any atom is -0.382 e. The number of aromatic nitrogens is 4. The minimum atomic E-state index is -3.78. The molecule has 13 heteroatoms. The number of hydrogen-bond acceptors (Lipinski definition) is 7. The fourth-order valence-electron chi connectivity index (χ4n) is 4.53. The molecule has 0 saturated carbocycles. The molecule has 38 heavy (non-hydrogen) atoms. The fraction of sp³-hybridized carbons (Fsp3) is 0.800. The van der Waals surface area contributed by atoms with Gasteiger partial charge in [-0.2, -0.15) is 0 Å². The van der Waals surface area contributed by atoms with Crippen LogP contribution in [0.15, 0.2) is 12.7 Å². The highest BCUT2D eigenvalue weighted by atomic mass is 31.2. The molecule has 2 rings (SSSR count). The first kappa shape index (κ1) is 32.9. The van der Waals surface area contributed by atoms with Gasteiger partial charge in [0.2, 0.25) is 0 Å². The van der Waals surface area contributed by atoms with E-state index in [1.807, 2.05) is 6.92 Å². The lowest BCUT2D eigenvalue weighted by atomic mass is 9.41. The van der Waals surface area contributed by atoms with E-state index in [1.54, 1.807) is 10.9 Å². The van der Waals surface area contributed by atoms with Gasteiger partial charge in [0.15, 0.2) is 11.5 Å². The van der Waals surface area contributed by atoms with E-state index < -0.39 is 7.60 Å². The SMILES string of the molecule is BC(B)(B)CCCCCCCCCCCCCCCOP(=O)(O)CO[C@H](C)Cn1cnc2c(N)ncnc21. The van der Waals surface area contributed by atoms with Crippen LogP contribution in [0.5, 0.6) is 0 Å². The summed E-state index contributed by atoms with van der Waals surface area (Å²) < 4.78 is 24.9. The lowest BCUT2D eigenvalue weighted by Crippen LogP contribution is -2.17. The van der Waals surface area contributed by atoms with Crippen molar-refractivity contribution in [3.05, 3.63) is 12.7 Å². The fourth-order valence-corrected chi connectivity index (χ4v) is 5.46. The van der Waals surface area contributed by atoms with Crippen molar-refractivity contribution in [2.75, 3.05) is 18.7 Å². The van der Waals surface area contributed by atoms with Crippen molar-refractivity contribution < 1.29 is 18.7 Å². The highest BCUT2D eigenvalue weighted by molar-refractivity contribution is 7.52. The van der Waals surface area contributed by atoms with Crippen molar-refractivity contribution in [3.8, 4) is 0 Å². The van der Waals surface area contributed by atoms with E-state index in [0.29, 0.717) is 28.6 Å². The van der Waals surface area contributed by atoms with Gasteiger partial charge in [0.1, 0.15) is 18.2 Å². The van der Waals surface area contributed by atoms with Gasteiger partial charge < -0.3 is 24.5 Å². The van der Waals surface area contributed by atoms with Crippen molar-refractivity contribution >= 4 is 48.1 Å². The van der Waals surface area contributed by atoms with Crippen LogP contribution in [0.3, 0.4) is 0 Å². The molecule has 0 aliphatic carbocycles. The summed E-state index contributed by atoms with van der Waals surface area (Å²) in [4.78, 5) is 22.4. The van der Waals surface area contributed by atoms with Crippen LogP contribution in [0, 0.1) is 0 Å². The second kappa shape index (κ2) is 17.4. The number of imidazole rings is 1. The third kappa shape index (κ3) is 14.2. The summed E-state index contributed by atoms with van der Waals surface area (Å²) in [6.45, 7) is 2.53. The van der Waals surface area contributed by atoms with E-state index in [4.69, 9.17) is 15.0 Å². The van der Waals surface area contributed by atoms with Crippen molar-refractivity contribution in [2.45, 2.75) is 115 Å². The summed E-state index contributed by atoms with van der Waals surface area (Å²) in [5.41, 5.74) is 6.95. The molecule has 0 fully saturated rings. The Morgan fingerprint density at radius 3 is 2.08 bits per heavy atom. The Labute approximate surface area is 232 Å². The Balaban J connectivity index is 1.41. The normalized spacial score (nSPS) is 14.6. The number of nitrogen functional groups attached to an aromatic ring is 1. The average Bonchev–Trinajstić information content (AvgIpc) is 3.26. The zero-order chi connectivity index (χ0) is 27.9. The van der Waals surface area contributed by atoms with Crippen molar-refractivity contribution in [1.29, 1.82) is 0 Å². The molecule has 0 saturated heterocycles. The Kier molecular flexibility index (Phi) is 15.0. The molecule has 0 bridgehead atoms. The van der Waals surface area contributed by atoms with E-state index in [1.165, 1.54) is 77.0 Å². The highest BCUT2D eigenvalue weighted by Gasteiger charge is 2.21. The monoisotopic (exact) mass is 547 g/mol. The van der Waals surface area contributed by atoms with E-state index in [0.717, 1.165) is 19.3 Å². The molecule has 2 aromatic heterocycles. The third-order valence-electron chi connectivity index (χ3n) is 6.77. The van der Waals surface area contributed by atoms with Gasteiger partial charge in [-0.25, -0.2) is 15.0 Å². The number of rotatable bonds is 22. The van der Waals surface area contributed by atoms with Crippen LogP contribution in [-0.4, -0.2) is 67.0 Å². The molecular weight excluding hydrogens is 498 g/mol. The van der Waals surface area contributed by atoms with Crippen molar-refractivity contribution in [3.63, 3.8) is 0 Å². The molecule has 0 amide bonds. The Morgan fingerprint density at radius 1 is 0.947 bits per heavy atom. The van der Waals surface area contributed by atoms with Gasteiger partial charge in [-0.1, -0.05) is 83.5 Å². The Hall–Kier alpha value is -1.35. The quantitative estimate of drug-likeness (QED) is 0.131. The van der Waals surface area contributed by atoms with Crippen LogP contribution in [0.2, 0.25) is 5.11 Å². The maximum Gasteiger partial charge on any atom is 0.353 e. The lowest BCUT2D eigenvalue weighted by molar-refractivity contribution is 0.0715. The minimum absolute atomic E-state index is 0.281. The topological polar surface area (TPSA) is 125 Å². The van der Waals surface area contributed by atoms with Crippen LogP contribution >= 0.6 is 7.60 Å². The van der Waals surface area contributed by atoms with E-state index in [2.05, 4.69) is 38.5 Å². The van der Waals surface area contributed by atoms with Gasteiger partial charge in [0.25, 0.3) is 0 Å². The van der Waals surface area contributed by atoms with Gasteiger partial charge in [0, 0.05) is 0 Å². The van der Waals surface area contributed by atoms with Crippen molar-refractivity contribution in [1.82, 2.24) is 19.5 Å². The molecule has 3 N–H and O–H groups in total. The number of nitrogens with zero attached hydrogens (tertiary/aromatic N) is 4. The smallest absolute Gasteiger partial charge is 0.353 e. The van der Waals surface area contributed by atoms with Crippen LogP contribution < -0.4 is 5.73 Å². The largest absolute Gasteiger partial charge is 0.382 e. The Bertz CT molecular complexity index is 976. The van der Waals surface area contributed by atoms with Gasteiger partial charge in [-0.3, -0.25) is 4.57 Å². The first-order chi connectivity index (χ1) is 18.1. The zero-order valence-electron chi connectivity index (χ0n) is 24.2. The number of fused-ring (bicyclic) bond motifs is 1. The number of hydrogen-bond donors (Lipinski definition) is 2. The second-order valence-electron chi connectivity index (χ2n) is 11.8. The molecule has 2 heterocycles. The van der Waals surface area contributed by atoms with Gasteiger partial charge in [-0.05, 0) is 13.3 Å². The average molecular weight is 547 g/mol. The lowest BCUT2D eigenvalue weighted by Gasteiger charge is -2.17. The number of nitrogens with two attached hydrogens (primary N) is 1. The van der Waals surface area contributed by atoms with Gasteiger partial charge >= 0.3 is 7.60 Å². The molecule has 2 aromatic rings. The molecule has 0 aliphatic rings. The first-order valence-corrected chi connectivity index (χ1v) is 16.3. The highest BCUT2D eigenvalue weighted by Crippen LogP contribution is 2.42. The molecule has 2 atom stereocenters. The van der Waals surface area contributed by atoms with Crippen LogP contribution in [0.4, 0.5) is 5.82 Å². The maximum atomic E-state index is 12.3. The summed E-state index contributed by atoms with van der Waals surface area (Å²) in [5.74, 6) is 0.318. The predicted octanol–water partition coefficient (Wildman–Crippen LogP) is 3.41. The molecule has 9 nitrogen and oxygen atoms in total. The third-order valence-corrected chi connectivity index (χ3v) is 7.83. The summed E-state index contributed by atoms with van der Waals surface area (Å²) in [7, 11) is 3.20. The van der Waals surface area contributed by atoms with E-state index in [-0.39, 0.29) is 19.1 Å². The van der Waals surface area contributed by atoms with E-state index >= 15 is 0 Å². The van der Waals surface area contributed by atoms with Crippen LogP contribution in [0.1, 0.15) is 96.8 Å². The number of unbranched alkanes of at least 4 members (excludes halogenated alkanes) is 12. The maximum absolute atomic E-state index is 12.3. The van der Waals surface area contributed by atoms with E-state index in [9.17, 15) is 9.46 Å². The van der Waals surface area contributed by atoms with Crippen molar-refractivity contribution in [2.24, 2.45) is 0 Å². The molecule has 212 valence electrons. The predicted molar refractivity (Wildman–Crippen MR) is 164 cm³/mol. The number of anilines is 1.